The average Bonchev–Trinajstić information content (AvgIpc) is 2.83. The normalized spacial score (nSPS) is 11.0. The first-order chi connectivity index (χ1) is 7.34. The minimum atomic E-state index is 0.904. The van der Waals surface area contributed by atoms with Gasteiger partial charge in [-0.05, 0) is 12.1 Å². The second-order valence-corrected chi connectivity index (χ2v) is 3.46. The fourth-order valence-corrected chi connectivity index (χ4v) is 1.64. The molecule has 0 atom stereocenters. The number of nitrogens with zero attached hydrogens (tertiary/aromatic N) is 4. The maximum atomic E-state index is 4.44. The Labute approximate surface area is 86.8 Å². The molecule has 4 nitrogen and oxygen atoms in total. The van der Waals surface area contributed by atoms with Crippen molar-refractivity contribution < 1.29 is 0 Å². The zero-order valence-corrected chi connectivity index (χ0v) is 8.33. The van der Waals surface area contributed by atoms with Crippen LogP contribution in [0, 0.1) is 0 Å². The van der Waals surface area contributed by atoms with Gasteiger partial charge in [0.2, 0.25) is 0 Å². The van der Waals surface area contributed by atoms with Gasteiger partial charge >= 0.3 is 0 Å². The molecule has 0 aliphatic rings. The zero-order valence-electron chi connectivity index (χ0n) is 8.33. The summed E-state index contributed by atoms with van der Waals surface area (Å²) in [5.41, 5.74) is 2.87. The number of hydrogen-bond donors (Lipinski definition) is 0. The summed E-state index contributed by atoms with van der Waals surface area (Å²) in [4.78, 5) is 4.27. The third kappa shape index (κ3) is 1.22. The molecule has 3 aromatic heterocycles. The number of aromatic nitrogens is 4. The molecule has 0 amide bonds. The van der Waals surface area contributed by atoms with Crippen molar-refractivity contribution in [3.05, 3.63) is 42.9 Å². The van der Waals surface area contributed by atoms with Crippen LogP contribution < -0.4 is 0 Å². The monoisotopic (exact) mass is 198 g/mol. The van der Waals surface area contributed by atoms with Crippen molar-refractivity contribution in [2.45, 2.75) is 0 Å². The van der Waals surface area contributed by atoms with Gasteiger partial charge in [-0.2, -0.15) is 5.10 Å². The predicted octanol–water partition coefficient (Wildman–Crippen LogP) is 1.73. The van der Waals surface area contributed by atoms with Gasteiger partial charge in [0.05, 0.1) is 5.69 Å². The molecule has 15 heavy (non-hydrogen) atoms. The lowest BCUT2D eigenvalue weighted by molar-refractivity contribution is 0.929. The molecule has 0 saturated carbocycles. The Morgan fingerprint density at radius 3 is 2.80 bits per heavy atom. The fourth-order valence-electron chi connectivity index (χ4n) is 1.64. The van der Waals surface area contributed by atoms with Gasteiger partial charge in [0.1, 0.15) is 11.3 Å². The van der Waals surface area contributed by atoms with E-state index in [2.05, 4.69) is 10.1 Å². The highest BCUT2D eigenvalue weighted by atomic mass is 15.3. The van der Waals surface area contributed by atoms with Gasteiger partial charge in [-0.3, -0.25) is 4.98 Å². The highest BCUT2D eigenvalue weighted by molar-refractivity contribution is 5.60. The first-order valence-electron chi connectivity index (χ1n) is 4.77. The van der Waals surface area contributed by atoms with Crippen LogP contribution in [-0.4, -0.2) is 19.2 Å². The van der Waals surface area contributed by atoms with Crippen molar-refractivity contribution in [3.8, 4) is 11.4 Å². The van der Waals surface area contributed by atoms with Crippen molar-refractivity contribution in [2.75, 3.05) is 0 Å². The summed E-state index contributed by atoms with van der Waals surface area (Å²) in [5.74, 6) is 0. The number of pyridine rings is 1. The highest BCUT2D eigenvalue weighted by Gasteiger charge is 2.06. The van der Waals surface area contributed by atoms with Gasteiger partial charge < -0.3 is 4.57 Å². The number of imidazole rings is 1. The molecule has 0 aliphatic heterocycles. The Morgan fingerprint density at radius 1 is 1.13 bits per heavy atom. The molecule has 0 bridgehead atoms. The first kappa shape index (κ1) is 8.23. The van der Waals surface area contributed by atoms with Crippen molar-refractivity contribution in [1.29, 1.82) is 0 Å². The van der Waals surface area contributed by atoms with Crippen LogP contribution >= 0.6 is 0 Å². The minimum Gasteiger partial charge on any atom is -0.334 e. The molecule has 3 heterocycles. The summed E-state index contributed by atoms with van der Waals surface area (Å²) in [6.45, 7) is 0. The van der Waals surface area contributed by atoms with E-state index in [4.69, 9.17) is 0 Å². The first-order valence-corrected chi connectivity index (χ1v) is 4.77. The molecule has 4 heteroatoms. The third-order valence-electron chi connectivity index (χ3n) is 2.44. The lowest BCUT2D eigenvalue weighted by Gasteiger charge is -1.92. The Kier molecular flexibility index (Phi) is 1.62. The van der Waals surface area contributed by atoms with Crippen LogP contribution in [-0.2, 0) is 7.05 Å². The van der Waals surface area contributed by atoms with Gasteiger partial charge in [-0.25, -0.2) is 4.52 Å². The summed E-state index contributed by atoms with van der Waals surface area (Å²) in [7, 11) is 2.00. The lowest BCUT2D eigenvalue weighted by atomic mass is 10.3. The smallest absolute Gasteiger partial charge is 0.136 e. The molecule has 0 N–H and O–H groups in total. The van der Waals surface area contributed by atoms with E-state index in [0.29, 0.717) is 0 Å². The van der Waals surface area contributed by atoms with Crippen molar-refractivity contribution in [2.24, 2.45) is 7.05 Å². The van der Waals surface area contributed by atoms with Crippen LogP contribution in [0.5, 0.6) is 0 Å². The average molecular weight is 198 g/mol. The SMILES string of the molecule is Cn1ccn2nc(-c3ccccn3)cc12. The summed E-state index contributed by atoms with van der Waals surface area (Å²) < 4.78 is 3.88. The molecule has 0 aromatic carbocycles. The Bertz CT molecular complexity index is 591. The second kappa shape index (κ2) is 2.95. The largest absolute Gasteiger partial charge is 0.334 e. The maximum absolute atomic E-state index is 4.44. The van der Waals surface area contributed by atoms with E-state index in [1.807, 2.05) is 52.8 Å². The molecule has 3 rings (SSSR count). The molecule has 0 fully saturated rings. The van der Waals surface area contributed by atoms with E-state index in [0.717, 1.165) is 17.0 Å². The molecule has 0 unspecified atom stereocenters. The van der Waals surface area contributed by atoms with Gasteiger partial charge in [-0.1, -0.05) is 6.07 Å². The predicted molar refractivity (Wildman–Crippen MR) is 57.4 cm³/mol. The van der Waals surface area contributed by atoms with Crippen LogP contribution in [0.2, 0.25) is 0 Å². The van der Waals surface area contributed by atoms with Gasteiger partial charge in [0.25, 0.3) is 0 Å². The molecule has 0 aliphatic carbocycles. The second-order valence-electron chi connectivity index (χ2n) is 3.46. The van der Waals surface area contributed by atoms with E-state index in [1.54, 1.807) is 6.20 Å². The third-order valence-corrected chi connectivity index (χ3v) is 2.44. The Morgan fingerprint density at radius 2 is 2.07 bits per heavy atom. The quantitative estimate of drug-likeness (QED) is 0.597. The molecular formula is C11H10N4. The van der Waals surface area contributed by atoms with E-state index in [-0.39, 0.29) is 0 Å². The number of hydrogen-bond acceptors (Lipinski definition) is 2. The molecule has 0 saturated heterocycles. The van der Waals surface area contributed by atoms with E-state index in [1.165, 1.54) is 0 Å². The Hall–Kier alpha value is -2.10. The lowest BCUT2D eigenvalue weighted by Crippen LogP contribution is -1.84. The van der Waals surface area contributed by atoms with Crippen LogP contribution in [0.25, 0.3) is 17.0 Å². The van der Waals surface area contributed by atoms with Crippen molar-refractivity contribution in [3.63, 3.8) is 0 Å². The number of aryl methyl sites for hydroxylation is 1. The van der Waals surface area contributed by atoms with Crippen LogP contribution in [0.3, 0.4) is 0 Å². The van der Waals surface area contributed by atoms with Crippen LogP contribution in [0.15, 0.2) is 42.9 Å². The molecule has 0 radical (unpaired) electrons. The van der Waals surface area contributed by atoms with Gasteiger partial charge in [0, 0.05) is 31.7 Å². The topological polar surface area (TPSA) is 35.1 Å². The zero-order chi connectivity index (χ0) is 10.3. The fraction of sp³-hybridized carbons (Fsp3) is 0.0909. The maximum Gasteiger partial charge on any atom is 0.136 e. The molecule has 74 valence electrons. The summed E-state index contributed by atoms with van der Waals surface area (Å²) in [6, 6.07) is 7.86. The molecular weight excluding hydrogens is 188 g/mol. The van der Waals surface area contributed by atoms with E-state index < -0.39 is 0 Å². The Balaban J connectivity index is 2.20. The van der Waals surface area contributed by atoms with Crippen molar-refractivity contribution >= 4 is 5.65 Å². The minimum absolute atomic E-state index is 0.904. The van der Waals surface area contributed by atoms with Crippen LogP contribution in [0.4, 0.5) is 0 Å². The van der Waals surface area contributed by atoms with E-state index >= 15 is 0 Å². The number of rotatable bonds is 1. The molecule has 0 spiro atoms. The van der Waals surface area contributed by atoms with Crippen molar-refractivity contribution in [1.82, 2.24) is 19.2 Å². The summed E-state index contributed by atoms with van der Waals surface area (Å²) in [6.07, 6.45) is 5.69. The van der Waals surface area contributed by atoms with Gasteiger partial charge in [0.15, 0.2) is 0 Å². The summed E-state index contributed by atoms with van der Waals surface area (Å²) in [5, 5.41) is 4.44. The molecule has 3 aromatic rings. The highest BCUT2D eigenvalue weighted by Crippen LogP contribution is 2.16. The summed E-state index contributed by atoms with van der Waals surface area (Å²) >= 11 is 0. The van der Waals surface area contributed by atoms with E-state index in [9.17, 15) is 0 Å². The van der Waals surface area contributed by atoms with Crippen LogP contribution in [0.1, 0.15) is 0 Å². The number of fused-ring (bicyclic) bond motifs is 1. The standard InChI is InChI=1S/C11H10N4/c1-14-6-7-15-11(14)8-10(13-15)9-4-2-3-5-12-9/h2-8H,1H3. The van der Waals surface area contributed by atoms with Gasteiger partial charge in [-0.15, -0.1) is 0 Å².